The Labute approximate surface area is 132 Å². The van der Waals surface area contributed by atoms with E-state index in [-0.39, 0.29) is 5.56 Å². The fourth-order valence-electron chi connectivity index (χ4n) is 2.20. The first-order valence-electron chi connectivity index (χ1n) is 6.91. The van der Waals surface area contributed by atoms with Crippen molar-refractivity contribution < 1.29 is 9.90 Å². The minimum atomic E-state index is -0.915. The first-order chi connectivity index (χ1) is 10.5. The first kappa shape index (κ1) is 14.5. The van der Waals surface area contributed by atoms with Crippen molar-refractivity contribution in [1.29, 1.82) is 0 Å². The Bertz CT molecular complexity index is 835. The number of thiazole rings is 1. The maximum atomic E-state index is 10.9. The van der Waals surface area contributed by atoms with Crippen molar-refractivity contribution in [2.45, 2.75) is 13.8 Å². The number of aryl methyl sites for hydroxylation is 2. The molecule has 1 N–H and O–H groups in total. The Hall–Kier alpha value is -2.46. The van der Waals surface area contributed by atoms with Crippen LogP contribution in [0.15, 0.2) is 47.8 Å². The van der Waals surface area contributed by atoms with Crippen molar-refractivity contribution in [3.8, 4) is 21.8 Å². The third-order valence-electron chi connectivity index (χ3n) is 3.69. The molecule has 0 unspecified atom stereocenters. The van der Waals surface area contributed by atoms with Gasteiger partial charge in [-0.15, -0.1) is 11.3 Å². The molecule has 0 aliphatic carbocycles. The van der Waals surface area contributed by atoms with Crippen molar-refractivity contribution in [1.82, 2.24) is 4.98 Å². The van der Waals surface area contributed by atoms with Crippen molar-refractivity contribution in [2.24, 2.45) is 0 Å². The second-order valence-corrected chi connectivity index (χ2v) is 6.08. The summed E-state index contributed by atoms with van der Waals surface area (Å²) in [6, 6.07) is 13.1. The first-order valence-corrected chi connectivity index (χ1v) is 7.79. The summed E-state index contributed by atoms with van der Waals surface area (Å²) in [5.74, 6) is -0.915. The monoisotopic (exact) mass is 309 g/mol. The predicted molar refractivity (Wildman–Crippen MR) is 89.4 cm³/mol. The lowest BCUT2D eigenvalue weighted by Gasteiger charge is -2.02. The van der Waals surface area contributed by atoms with E-state index in [4.69, 9.17) is 5.11 Å². The number of carbonyl (C=O) groups is 1. The number of aromatic nitrogens is 1. The van der Waals surface area contributed by atoms with E-state index in [1.54, 1.807) is 35.6 Å². The average Bonchev–Trinajstić information content (AvgIpc) is 3.00. The van der Waals surface area contributed by atoms with Crippen LogP contribution in [0.2, 0.25) is 0 Å². The summed E-state index contributed by atoms with van der Waals surface area (Å²) >= 11 is 1.56. The maximum Gasteiger partial charge on any atom is 0.335 e. The van der Waals surface area contributed by atoms with Crippen LogP contribution < -0.4 is 0 Å². The van der Waals surface area contributed by atoms with Crippen molar-refractivity contribution in [3.05, 3.63) is 64.5 Å². The normalized spacial score (nSPS) is 10.6. The molecule has 0 saturated heterocycles. The smallest absolute Gasteiger partial charge is 0.335 e. The van der Waals surface area contributed by atoms with Gasteiger partial charge in [-0.2, -0.15) is 0 Å². The Morgan fingerprint density at radius 3 is 2.32 bits per heavy atom. The molecule has 3 nitrogen and oxygen atoms in total. The predicted octanol–water partition coefficient (Wildman–Crippen LogP) is 4.79. The zero-order valence-corrected chi connectivity index (χ0v) is 13.1. The van der Waals surface area contributed by atoms with E-state index in [1.807, 2.05) is 5.38 Å². The molecule has 3 rings (SSSR count). The third-order valence-corrected chi connectivity index (χ3v) is 4.58. The van der Waals surface area contributed by atoms with Gasteiger partial charge in [0.2, 0.25) is 0 Å². The van der Waals surface area contributed by atoms with Gasteiger partial charge in [0.05, 0.1) is 11.3 Å². The van der Waals surface area contributed by atoms with Crippen LogP contribution in [-0.4, -0.2) is 16.1 Å². The van der Waals surface area contributed by atoms with E-state index in [2.05, 4.69) is 37.0 Å². The fourth-order valence-corrected chi connectivity index (χ4v) is 3.03. The number of carboxylic acids is 1. The SMILES string of the molecule is Cc1ccc(-c2csc(-c3ccc(C(=O)O)cc3)n2)cc1C. The lowest BCUT2D eigenvalue weighted by atomic mass is 10.1. The molecule has 3 aromatic rings. The molecule has 0 radical (unpaired) electrons. The van der Waals surface area contributed by atoms with Crippen molar-refractivity contribution >= 4 is 17.3 Å². The molecule has 0 aliphatic rings. The van der Waals surface area contributed by atoms with E-state index in [1.165, 1.54) is 11.1 Å². The molecule has 4 heteroatoms. The Balaban J connectivity index is 1.93. The summed E-state index contributed by atoms with van der Waals surface area (Å²) in [6.07, 6.45) is 0. The number of benzene rings is 2. The van der Waals surface area contributed by atoms with Crippen LogP contribution in [0.25, 0.3) is 21.8 Å². The second kappa shape index (κ2) is 5.73. The van der Waals surface area contributed by atoms with Gasteiger partial charge in [0.1, 0.15) is 5.01 Å². The van der Waals surface area contributed by atoms with Gasteiger partial charge in [-0.1, -0.05) is 24.3 Å². The highest BCUT2D eigenvalue weighted by Gasteiger charge is 2.09. The molecule has 110 valence electrons. The highest BCUT2D eigenvalue weighted by Crippen LogP contribution is 2.29. The fraction of sp³-hybridized carbons (Fsp3) is 0.111. The lowest BCUT2D eigenvalue weighted by Crippen LogP contribution is -1.94. The van der Waals surface area contributed by atoms with Crippen LogP contribution in [0.1, 0.15) is 21.5 Å². The average molecular weight is 309 g/mol. The van der Waals surface area contributed by atoms with Crippen LogP contribution in [0.3, 0.4) is 0 Å². The molecule has 2 aromatic carbocycles. The molecular weight excluding hydrogens is 294 g/mol. The van der Waals surface area contributed by atoms with Gasteiger partial charge < -0.3 is 5.11 Å². The molecule has 0 spiro atoms. The van der Waals surface area contributed by atoms with Gasteiger partial charge in [-0.3, -0.25) is 0 Å². The number of nitrogens with zero attached hydrogens (tertiary/aromatic N) is 1. The minimum absolute atomic E-state index is 0.287. The van der Waals surface area contributed by atoms with Gasteiger partial charge in [-0.05, 0) is 43.2 Å². The molecular formula is C18H15NO2S. The third kappa shape index (κ3) is 2.78. The molecule has 0 fully saturated rings. The summed E-state index contributed by atoms with van der Waals surface area (Å²) in [5, 5.41) is 11.9. The standard InChI is InChI=1S/C18H15NO2S/c1-11-3-4-15(9-12(11)2)16-10-22-17(19-16)13-5-7-14(8-6-13)18(20)21/h3-10H,1-2H3,(H,20,21). The maximum absolute atomic E-state index is 10.9. The van der Waals surface area contributed by atoms with Gasteiger partial charge in [0.25, 0.3) is 0 Å². The van der Waals surface area contributed by atoms with E-state index in [0.717, 1.165) is 21.8 Å². The Morgan fingerprint density at radius 1 is 1.00 bits per heavy atom. The zero-order valence-electron chi connectivity index (χ0n) is 12.3. The van der Waals surface area contributed by atoms with Crippen molar-refractivity contribution in [3.63, 3.8) is 0 Å². The summed E-state index contributed by atoms with van der Waals surface area (Å²) in [6.45, 7) is 4.19. The molecule has 1 heterocycles. The van der Waals surface area contributed by atoms with E-state index in [9.17, 15) is 4.79 Å². The summed E-state index contributed by atoms with van der Waals surface area (Å²) in [5.41, 5.74) is 5.79. The topological polar surface area (TPSA) is 50.2 Å². The number of rotatable bonds is 3. The number of hydrogen-bond donors (Lipinski definition) is 1. The second-order valence-electron chi connectivity index (χ2n) is 5.22. The molecule has 22 heavy (non-hydrogen) atoms. The Kier molecular flexibility index (Phi) is 3.77. The van der Waals surface area contributed by atoms with Crippen LogP contribution in [-0.2, 0) is 0 Å². The molecule has 0 atom stereocenters. The van der Waals surface area contributed by atoms with Gasteiger partial charge in [0, 0.05) is 16.5 Å². The summed E-state index contributed by atoms with van der Waals surface area (Å²) in [4.78, 5) is 15.6. The van der Waals surface area contributed by atoms with E-state index in [0.29, 0.717) is 0 Å². The van der Waals surface area contributed by atoms with E-state index >= 15 is 0 Å². The molecule has 0 aliphatic heterocycles. The van der Waals surface area contributed by atoms with Gasteiger partial charge in [-0.25, -0.2) is 9.78 Å². The number of aromatic carboxylic acids is 1. The largest absolute Gasteiger partial charge is 0.478 e. The van der Waals surface area contributed by atoms with Crippen LogP contribution in [0, 0.1) is 13.8 Å². The van der Waals surface area contributed by atoms with Crippen molar-refractivity contribution in [2.75, 3.05) is 0 Å². The molecule has 1 aromatic heterocycles. The quantitative estimate of drug-likeness (QED) is 0.756. The molecule has 0 bridgehead atoms. The summed E-state index contributed by atoms with van der Waals surface area (Å²) < 4.78 is 0. The zero-order chi connectivity index (χ0) is 15.7. The lowest BCUT2D eigenvalue weighted by molar-refractivity contribution is 0.0697. The van der Waals surface area contributed by atoms with Gasteiger partial charge in [0.15, 0.2) is 0 Å². The highest BCUT2D eigenvalue weighted by molar-refractivity contribution is 7.13. The highest BCUT2D eigenvalue weighted by atomic mass is 32.1. The number of carboxylic acid groups (broad SMARTS) is 1. The van der Waals surface area contributed by atoms with Crippen LogP contribution in [0.4, 0.5) is 0 Å². The van der Waals surface area contributed by atoms with E-state index < -0.39 is 5.97 Å². The minimum Gasteiger partial charge on any atom is -0.478 e. The molecule has 0 saturated carbocycles. The van der Waals surface area contributed by atoms with Gasteiger partial charge >= 0.3 is 5.97 Å². The molecule has 0 amide bonds. The van der Waals surface area contributed by atoms with Crippen LogP contribution in [0.5, 0.6) is 0 Å². The Morgan fingerprint density at radius 2 is 1.68 bits per heavy atom. The number of hydrogen-bond acceptors (Lipinski definition) is 3. The van der Waals surface area contributed by atoms with Crippen LogP contribution >= 0.6 is 11.3 Å². The summed E-state index contributed by atoms with van der Waals surface area (Å²) in [7, 11) is 0.